The molecular weight excluding hydrogens is 390 g/mol. The third-order valence-electron chi connectivity index (χ3n) is 6.45. The minimum absolute atomic E-state index is 0.0597. The highest BCUT2D eigenvalue weighted by Crippen LogP contribution is 2.36. The van der Waals surface area contributed by atoms with Gasteiger partial charge < -0.3 is 9.64 Å². The van der Waals surface area contributed by atoms with Crippen LogP contribution in [0, 0.1) is 18.3 Å². The van der Waals surface area contributed by atoms with Crippen LogP contribution >= 0.6 is 0 Å². The lowest BCUT2D eigenvalue weighted by molar-refractivity contribution is 0.0392. The fourth-order valence-electron chi connectivity index (χ4n) is 4.73. The second-order valence-electron chi connectivity index (χ2n) is 8.60. The lowest BCUT2D eigenvalue weighted by atomic mass is 9.85. The Labute approximate surface area is 181 Å². The number of ether oxygens (including phenoxy) is 1. The van der Waals surface area contributed by atoms with E-state index in [1.54, 1.807) is 4.68 Å². The third-order valence-corrected chi connectivity index (χ3v) is 6.45. The molecule has 1 aliphatic heterocycles. The summed E-state index contributed by atoms with van der Waals surface area (Å²) in [6.45, 7) is 3.89. The Hall–Kier alpha value is -3.05. The summed E-state index contributed by atoms with van der Waals surface area (Å²) >= 11 is 0. The van der Waals surface area contributed by atoms with E-state index in [-0.39, 0.29) is 6.10 Å². The Kier molecular flexibility index (Phi) is 5.28. The fourth-order valence-corrected chi connectivity index (χ4v) is 4.73. The molecule has 4 heterocycles. The summed E-state index contributed by atoms with van der Waals surface area (Å²) in [4.78, 5) is 16.8. The van der Waals surface area contributed by atoms with Crippen molar-refractivity contribution in [1.29, 1.82) is 5.26 Å². The van der Waals surface area contributed by atoms with Gasteiger partial charge in [0.05, 0.1) is 36.3 Å². The summed E-state index contributed by atoms with van der Waals surface area (Å²) in [5.74, 6) is 1.10. The first-order chi connectivity index (χ1) is 15.1. The summed E-state index contributed by atoms with van der Waals surface area (Å²) in [5, 5.41) is 14.7. The van der Waals surface area contributed by atoms with Gasteiger partial charge in [-0.25, -0.2) is 9.97 Å². The van der Waals surface area contributed by atoms with Crippen molar-refractivity contribution in [3.8, 4) is 6.07 Å². The Morgan fingerprint density at radius 3 is 2.74 bits per heavy atom. The summed E-state index contributed by atoms with van der Waals surface area (Å²) in [5.41, 5.74) is 4.11. The van der Waals surface area contributed by atoms with Crippen LogP contribution in [0.1, 0.15) is 66.6 Å². The standard InChI is InChI=1S/C23H27N7O/c1-15-17(11-24)10-19-21(16-6-4-3-5-7-16)27-23(28-22(19)26-15)30-8-9-31-20(14-30)18-12-25-29(2)13-18/h10,12-13,16,20H,3-9,14H2,1-2H3/t20-/m1/s1. The van der Waals surface area contributed by atoms with E-state index in [2.05, 4.69) is 16.1 Å². The number of fused-ring (bicyclic) bond motifs is 1. The number of pyridine rings is 1. The number of hydrogen-bond acceptors (Lipinski definition) is 7. The van der Waals surface area contributed by atoms with Crippen molar-refractivity contribution in [2.75, 3.05) is 24.6 Å². The topological polar surface area (TPSA) is 92.8 Å². The minimum atomic E-state index is -0.0597. The molecule has 2 fully saturated rings. The first kappa shape index (κ1) is 19.9. The van der Waals surface area contributed by atoms with Crippen molar-refractivity contribution in [2.45, 2.75) is 51.0 Å². The van der Waals surface area contributed by atoms with Gasteiger partial charge in [0.1, 0.15) is 12.2 Å². The molecule has 5 rings (SSSR count). The lowest BCUT2D eigenvalue weighted by Crippen LogP contribution is -2.39. The number of rotatable bonds is 3. The van der Waals surface area contributed by atoms with E-state index in [9.17, 15) is 5.26 Å². The molecule has 0 N–H and O–H groups in total. The van der Waals surface area contributed by atoms with Gasteiger partial charge in [0.2, 0.25) is 5.95 Å². The summed E-state index contributed by atoms with van der Waals surface area (Å²) in [6.07, 6.45) is 9.77. The summed E-state index contributed by atoms with van der Waals surface area (Å²) in [7, 11) is 1.91. The predicted octanol–water partition coefficient (Wildman–Crippen LogP) is 3.56. The van der Waals surface area contributed by atoms with Gasteiger partial charge in [-0.3, -0.25) is 4.68 Å². The highest BCUT2D eigenvalue weighted by atomic mass is 16.5. The van der Waals surface area contributed by atoms with Gasteiger partial charge in [0.25, 0.3) is 0 Å². The van der Waals surface area contributed by atoms with Crippen LogP contribution in [0.2, 0.25) is 0 Å². The SMILES string of the molecule is Cc1nc2nc(N3CCO[C@@H](c4cnn(C)c4)C3)nc(C3CCCCC3)c2cc1C#N. The number of morpholine rings is 1. The van der Waals surface area contributed by atoms with Crippen LogP contribution in [0.25, 0.3) is 11.0 Å². The molecular formula is C23H27N7O. The van der Waals surface area contributed by atoms with E-state index in [1.165, 1.54) is 19.3 Å². The number of anilines is 1. The first-order valence-corrected chi connectivity index (χ1v) is 11.1. The molecule has 0 amide bonds. The van der Waals surface area contributed by atoms with Crippen molar-refractivity contribution < 1.29 is 4.74 Å². The Morgan fingerprint density at radius 2 is 2.00 bits per heavy atom. The van der Waals surface area contributed by atoms with Crippen LogP contribution in [0.4, 0.5) is 5.95 Å². The second kappa shape index (κ2) is 8.23. The minimum Gasteiger partial charge on any atom is -0.370 e. The van der Waals surface area contributed by atoms with Crippen molar-refractivity contribution in [3.63, 3.8) is 0 Å². The molecule has 1 atom stereocenters. The Balaban J connectivity index is 1.56. The number of nitriles is 1. The Bertz CT molecular complexity index is 1140. The molecule has 8 heteroatoms. The van der Waals surface area contributed by atoms with Crippen LogP contribution < -0.4 is 4.90 Å². The molecule has 0 unspecified atom stereocenters. The molecule has 0 radical (unpaired) electrons. The molecule has 160 valence electrons. The molecule has 8 nitrogen and oxygen atoms in total. The zero-order valence-corrected chi connectivity index (χ0v) is 18.1. The third kappa shape index (κ3) is 3.86. The van der Waals surface area contributed by atoms with E-state index in [1.807, 2.05) is 32.4 Å². The molecule has 1 saturated heterocycles. The highest BCUT2D eigenvalue weighted by Gasteiger charge is 2.28. The molecule has 0 bridgehead atoms. The highest BCUT2D eigenvalue weighted by molar-refractivity contribution is 5.81. The monoisotopic (exact) mass is 417 g/mol. The number of hydrogen-bond donors (Lipinski definition) is 0. The number of aryl methyl sites for hydroxylation is 2. The molecule has 0 spiro atoms. The van der Waals surface area contributed by atoms with Gasteiger partial charge >= 0.3 is 0 Å². The van der Waals surface area contributed by atoms with E-state index in [0.29, 0.717) is 41.9 Å². The maximum Gasteiger partial charge on any atom is 0.227 e. The predicted molar refractivity (Wildman–Crippen MR) is 117 cm³/mol. The van der Waals surface area contributed by atoms with Gasteiger partial charge in [-0.1, -0.05) is 19.3 Å². The van der Waals surface area contributed by atoms with E-state index >= 15 is 0 Å². The zero-order chi connectivity index (χ0) is 21.4. The number of aromatic nitrogens is 5. The largest absolute Gasteiger partial charge is 0.370 e. The van der Waals surface area contributed by atoms with Crippen LogP contribution in [0.15, 0.2) is 18.5 Å². The molecule has 3 aromatic heterocycles. The normalized spacial score (nSPS) is 20.2. The summed E-state index contributed by atoms with van der Waals surface area (Å²) < 4.78 is 7.81. The maximum atomic E-state index is 9.52. The molecule has 3 aromatic rings. The quantitative estimate of drug-likeness (QED) is 0.643. The molecule has 31 heavy (non-hydrogen) atoms. The van der Waals surface area contributed by atoms with Crippen LogP contribution in [-0.2, 0) is 11.8 Å². The molecule has 2 aliphatic rings. The van der Waals surface area contributed by atoms with Crippen molar-refractivity contribution in [3.05, 3.63) is 41.0 Å². The molecule has 1 saturated carbocycles. The van der Waals surface area contributed by atoms with E-state index in [0.717, 1.165) is 36.0 Å². The van der Waals surface area contributed by atoms with Crippen molar-refractivity contribution in [1.82, 2.24) is 24.7 Å². The van der Waals surface area contributed by atoms with Crippen molar-refractivity contribution in [2.24, 2.45) is 7.05 Å². The number of nitrogens with zero attached hydrogens (tertiary/aromatic N) is 7. The molecule has 0 aromatic carbocycles. The van der Waals surface area contributed by atoms with Crippen molar-refractivity contribution >= 4 is 17.0 Å². The van der Waals surface area contributed by atoms with Crippen LogP contribution in [0.5, 0.6) is 0 Å². The van der Waals surface area contributed by atoms with Gasteiger partial charge in [-0.2, -0.15) is 15.3 Å². The van der Waals surface area contributed by atoms with E-state index in [4.69, 9.17) is 19.7 Å². The average molecular weight is 418 g/mol. The van der Waals surface area contributed by atoms with Crippen LogP contribution in [-0.4, -0.2) is 44.4 Å². The zero-order valence-electron chi connectivity index (χ0n) is 18.1. The maximum absolute atomic E-state index is 9.52. The van der Waals surface area contributed by atoms with Gasteiger partial charge in [-0.15, -0.1) is 0 Å². The van der Waals surface area contributed by atoms with Gasteiger partial charge in [-0.05, 0) is 25.8 Å². The fraction of sp³-hybridized carbons (Fsp3) is 0.522. The first-order valence-electron chi connectivity index (χ1n) is 11.1. The lowest BCUT2D eigenvalue weighted by Gasteiger charge is -2.33. The van der Waals surface area contributed by atoms with Gasteiger partial charge in [0, 0.05) is 36.7 Å². The second-order valence-corrected chi connectivity index (χ2v) is 8.60. The average Bonchev–Trinajstić information content (AvgIpc) is 3.25. The Morgan fingerprint density at radius 1 is 1.16 bits per heavy atom. The van der Waals surface area contributed by atoms with Crippen LogP contribution in [0.3, 0.4) is 0 Å². The van der Waals surface area contributed by atoms with E-state index < -0.39 is 0 Å². The smallest absolute Gasteiger partial charge is 0.227 e. The van der Waals surface area contributed by atoms with Gasteiger partial charge in [0.15, 0.2) is 5.65 Å². The summed E-state index contributed by atoms with van der Waals surface area (Å²) in [6, 6.07) is 4.20. The molecule has 1 aliphatic carbocycles.